The van der Waals surface area contributed by atoms with E-state index in [1.165, 1.54) is 29.5 Å². The molecule has 0 unspecified atom stereocenters. The van der Waals surface area contributed by atoms with Crippen LogP contribution in [0.1, 0.15) is 17.8 Å². The average molecular weight is 411 g/mol. The summed E-state index contributed by atoms with van der Waals surface area (Å²) >= 11 is 0. The number of rotatable bonds is 4. The van der Waals surface area contributed by atoms with E-state index in [1.807, 2.05) is 0 Å². The lowest BCUT2D eigenvalue weighted by Gasteiger charge is -2.27. The second-order valence-electron chi connectivity index (χ2n) is 6.96. The smallest absolute Gasteiger partial charge is 0.228 e. The highest BCUT2D eigenvalue weighted by atomic mass is 19.2. The number of halogens is 3. The third kappa shape index (κ3) is 3.30. The minimum absolute atomic E-state index is 0.304. The number of fused-ring (bicyclic) bond motifs is 1. The molecule has 4 aromatic rings. The number of hydrogen-bond acceptors (Lipinski definition) is 5. The van der Waals surface area contributed by atoms with Crippen molar-refractivity contribution in [3.63, 3.8) is 0 Å². The summed E-state index contributed by atoms with van der Waals surface area (Å²) in [6.07, 6.45) is 3.89. The Balaban J connectivity index is 1.42. The van der Waals surface area contributed by atoms with Crippen LogP contribution in [0, 0.1) is 17.5 Å². The number of hydrogen-bond donors (Lipinski definition) is 0. The van der Waals surface area contributed by atoms with Gasteiger partial charge < -0.3 is 4.90 Å². The summed E-state index contributed by atoms with van der Waals surface area (Å²) in [7, 11) is 0. The molecule has 0 amide bonds. The number of nitrogens with zero attached hydrogens (tertiary/aromatic N) is 7. The number of aryl methyl sites for hydroxylation is 1. The Kier molecular flexibility index (Phi) is 4.46. The van der Waals surface area contributed by atoms with Crippen LogP contribution >= 0.6 is 0 Å². The van der Waals surface area contributed by atoms with E-state index in [-0.39, 0.29) is 0 Å². The van der Waals surface area contributed by atoms with Gasteiger partial charge in [0.15, 0.2) is 17.5 Å². The Morgan fingerprint density at radius 1 is 0.933 bits per heavy atom. The molecule has 0 radical (unpaired) electrons. The molecule has 30 heavy (non-hydrogen) atoms. The van der Waals surface area contributed by atoms with Crippen molar-refractivity contribution in [3.05, 3.63) is 77.9 Å². The maximum atomic E-state index is 14.5. The van der Waals surface area contributed by atoms with Gasteiger partial charge in [-0.15, -0.1) is 0 Å². The molecule has 3 heterocycles. The highest BCUT2D eigenvalue weighted by molar-refractivity contribution is 5.58. The summed E-state index contributed by atoms with van der Waals surface area (Å²) in [5, 5.41) is 8.45. The zero-order valence-corrected chi connectivity index (χ0v) is 15.7. The van der Waals surface area contributed by atoms with Gasteiger partial charge in [0, 0.05) is 31.3 Å². The maximum Gasteiger partial charge on any atom is 0.228 e. The summed E-state index contributed by atoms with van der Waals surface area (Å²) in [6.45, 7) is 1.28. The molecule has 2 aromatic carbocycles. The minimum atomic E-state index is -0.910. The number of aromatic nitrogens is 6. The summed E-state index contributed by atoms with van der Waals surface area (Å²) < 4.78 is 44.6. The van der Waals surface area contributed by atoms with Gasteiger partial charge in [-0.05, 0) is 36.2 Å². The van der Waals surface area contributed by atoms with Crippen molar-refractivity contribution in [2.24, 2.45) is 0 Å². The topological polar surface area (TPSA) is 64.7 Å². The van der Waals surface area contributed by atoms with Gasteiger partial charge >= 0.3 is 0 Å². The third-order valence-corrected chi connectivity index (χ3v) is 4.94. The fraction of sp³-hybridized carbons (Fsp3) is 0.200. The zero-order chi connectivity index (χ0) is 20.7. The predicted molar refractivity (Wildman–Crippen MR) is 102 cm³/mol. The molecule has 2 aromatic heterocycles. The zero-order valence-electron chi connectivity index (χ0n) is 15.7. The molecular weight excluding hydrogens is 395 g/mol. The van der Waals surface area contributed by atoms with Gasteiger partial charge in [0.2, 0.25) is 5.95 Å². The minimum Gasteiger partial charge on any atom is -0.311 e. The Labute approximate surface area is 169 Å². The van der Waals surface area contributed by atoms with Crippen LogP contribution in [0.15, 0.2) is 49.1 Å². The lowest BCUT2D eigenvalue weighted by Crippen LogP contribution is -2.28. The first kappa shape index (κ1) is 18.3. The van der Waals surface area contributed by atoms with Gasteiger partial charge in [-0.3, -0.25) is 0 Å². The molecule has 7 nitrogen and oxygen atoms in total. The molecule has 1 aliphatic heterocycles. The fourth-order valence-electron chi connectivity index (χ4n) is 3.54. The standard InChI is InChI=1S/C20H16F3N7/c21-15-4-3-14(10-16(15)22)28-6-1-7-29-20(28)26-19(27-29)9-13-2-5-18(17(23)8-13)30-12-24-11-25-30/h2-5,8,10-12H,1,6-7,9H2. The molecule has 0 N–H and O–H groups in total. The van der Waals surface area contributed by atoms with Crippen molar-refractivity contribution in [1.82, 2.24) is 29.5 Å². The molecule has 0 saturated heterocycles. The second-order valence-corrected chi connectivity index (χ2v) is 6.96. The molecule has 0 bridgehead atoms. The molecule has 0 saturated carbocycles. The molecule has 10 heteroatoms. The molecule has 5 rings (SSSR count). The van der Waals surface area contributed by atoms with Crippen LogP contribution in [0.3, 0.4) is 0 Å². The van der Waals surface area contributed by atoms with Gasteiger partial charge in [-0.1, -0.05) is 6.07 Å². The van der Waals surface area contributed by atoms with E-state index in [1.54, 1.807) is 21.7 Å². The van der Waals surface area contributed by atoms with Crippen molar-refractivity contribution in [2.45, 2.75) is 19.4 Å². The number of anilines is 2. The van der Waals surface area contributed by atoms with Gasteiger partial charge in [0.1, 0.15) is 24.2 Å². The van der Waals surface area contributed by atoms with Gasteiger partial charge in [0.25, 0.3) is 0 Å². The Hall–Kier alpha value is -3.69. The monoisotopic (exact) mass is 411 g/mol. The first-order valence-electron chi connectivity index (χ1n) is 9.38. The first-order chi connectivity index (χ1) is 14.6. The van der Waals surface area contributed by atoms with E-state index in [2.05, 4.69) is 20.2 Å². The van der Waals surface area contributed by atoms with Crippen molar-refractivity contribution in [3.8, 4) is 5.69 Å². The van der Waals surface area contributed by atoms with E-state index >= 15 is 0 Å². The molecule has 0 spiro atoms. The maximum absolute atomic E-state index is 14.5. The highest BCUT2D eigenvalue weighted by Crippen LogP contribution is 2.29. The SMILES string of the molecule is Fc1ccc(N2CCCn3nc(Cc4ccc(-n5cncn5)c(F)c4)nc32)cc1F. The van der Waals surface area contributed by atoms with Crippen LogP contribution < -0.4 is 4.90 Å². The molecule has 0 fully saturated rings. The Bertz CT molecular complexity index is 1200. The number of benzene rings is 2. The van der Waals surface area contributed by atoms with Crippen LogP contribution in [0.25, 0.3) is 5.69 Å². The van der Waals surface area contributed by atoms with E-state index < -0.39 is 17.5 Å². The largest absolute Gasteiger partial charge is 0.311 e. The molecule has 1 aliphatic rings. The predicted octanol–water partition coefficient (Wildman–Crippen LogP) is 3.41. The lowest BCUT2D eigenvalue weighted by atomic mass is 10.1. The van der Waals surface area contributed by atoms with E-state index in [0.717, 1.165) is 18.6 Å². The van der Waals surface area contributed by atoms with E-state index in [0.29, 0.717) is 48.2 Å². The van der Waals surface area contributed by atoms with Crippen molar-refractivity contribution in [2.75, 3.05) is 11.4 Å². The summed E-state index contributed by atoms with van der Waals surface area (Å²) in [5.41, 5.74) is 1.52. The Morgan fingerprint density at radius 3 is 2.60 bits per heavy atom. The molecule has 152 valence electrons. The normalized spacial score (nSPS) is 13.5. The molecular formula is C20H16F3N7. The quantitative estimate of drug-likeness (QED) is 0.515. The highest BCUT2D eigenvalue weighted by Gasteiger charge is 2.23. The van der Waals surface area contributed by atoms with Gasteiger partial charge in [-0.25, -0.2) is 27.5 Å². The third-order valence-electron chi connectivity index (χ3n) is 4.94. The van der Waals surface area contributed by atoms with Crippen molar-refractivity contribution in [1.29, 1.82) is 0 Å². The lowest BCUT2D eigenvalue weighted by molar-refractivity contribution is 0.506. The van der Waals surface area contributed by atoms with Crippen LogP contribution in [-0.4, -0.2) is 36.1 Å². The van der Waals surface area contributed by atoms with E-state index in [4.69, 9.17) is 0 Å². The van der Waals surface area contributed by atoms with Gasteiger partial charge in [0.05, 0.1) is 0 Å². The van der Waals surface area contributed by atoms with Gasteiger partial charge in [-0.2, -0.15) is 15.2 Å². The first-order valence-corrected chi connectivity index (χ1v) is 9.38. The van der Waals surface area contributed by atoms with Crippen LogP contribution in [0.4, 0.5) is 24.8 Å². The van der Waals surface area contributed by atoms with Crippen LogP contribution in [0.5, 0.6) is 0 Å². The molecule has 0 atom stereocenters. The second kappa shape index (κ2) is 7.29. The summed E-state index contributed by atoms with van der Waals surface area (Å²) in [4.78, 5) is 10.2. The fourth-order valence-corrected chi connectivity index (χ4v) is 3.54. The summed E-state index contributed by atoms with van der Waals surface area (Å²) in [5.74, 6) is -1.15. The van der Waals surface area contributed by atoms with Crippen LogP contribution in [-0.2, 0) is 13.0 Å². The van der Waals surface area contributed by atoms with Crippen molar-refractivity contribution >= 4 is 11.6 Å². The molecule has 0 aliphatic carbocycles. The summed E-state index contributed by atoms with van der Waals surface area (Å²) in [6, 6.07) is 8.60. The van der Waals surface area contributed by atoms with Crippen molar-refractivity contribution < 1.29 is 13.2 Å². The van der Waals surface area contributed by atoms with Crippen LogP contribution in [0.2, 0.25) is 0 Å². The Morgan fingerprint density at radius 2 is 1.83 bits per heavy atom. The van der Waals surface area contributed by atoms with E-state index in [9.17, 15) is 13.2 Å². The average Bonchev–Trinajstić information content (AvgIpc) is 3.39.